The number of amides is 1. The summed E-state index contributed by atoms with van der Waals surface area (Å²) in [7, 11) is 0. The first kappa shape index (κ1) is 21.9. The minimum absolute atomic E-state index is 0.0561. The van der Waals surface area contributed by atoms with E-state index in [0.717, 1.165) is 18.4 Å². The molecule has 1 atom stereocenters. The molecule has 0 radical (unpaired) electrons. The lowest BCUT2D eigenvalue weighted by atomic mass is 10.1. The SMILES string of the molecule is CSCC(CN=[N+]=[N-])C(=O)N(CC1CC1)c1sc(-c2cccnc2)nc1CN=[N+]=[N-]. The van der Waals surface area contributed by atoms with Crippen LogP contribution in [0.2, 0.25) is 0 Å². The second kappa shape index (κ2) is 10.8. The fourth-order valence-electron chi connectivity index (χ4n) is 2.96. The van der Waals surface area contributed by atoms with Crippen molar-refractivity contribution in [3.05, 3.63) is 51.1 Å². The summed E-state index contributed by atoms with van der Waals surface area (Å²) in [5, 5.41) is 8.72. The molecule has 2 aromatic rings. The zero-order chi connectivity index (χ0) is 21.3. The van der Waals surface area contributed by atoms with Crippen LogP contribution in [0.1, 0.15) is 18.5 Å². The molecule has 2 aromatic heterocycles. The molecule has 0 aromatic carbocycles. The number of carbonyl (C=O) groups excluding carboxylic acids is 1. The zero-order valence-electron chi connectivity index (χ0n) is 16.5. The number of nitrogens with zero attached hydrogens (tertiary/aromatic N) is 9. The Morgan fingerprint density at radius 2 is 2.20 bits per heavy atom. The molecule has 1 amide bonds. The van der Waals surface area contributed by atoms with E-state index in [1.165, 1.54) is 23.1 Å². The highest BCUT2D eigenvalue weighted by Gasteiger charge is 2.33. The molecule has 10 nitrogen and oxygen atoms in total. The van der Waals surface area contributed by atoms with Gasteiger partial charge in [-0.25, -0.2) is 4.98 Å². The highest BCUT2D eigenvalue weighted by molar-refractivity contribution is 7.98. The molecule has 0 aliphatic heterocycles. The third kappa shape index (κ3) is 5.64. The van der Waals surface area contributed by atoms with Gasteiger partial charge in [0.25, 0.3) is 0 Å². The molecule has 0 N–H and O–H groups in total. The maximum absolute atomic E-state index is 13.5. The van der Waals surface area contributed by atoms with Gasteiger partial charge in [-0.3, -0.25) is 9.78 Å². The monoisotopic (exact) mass is 443 g/mol. The standard InChI is InChI=1S/C18H21N9OS2/c1-29-11-14(8-22-25-19)17(28)27(10-12-4-5-12)18-15(9-23-26-20)24-16(30-18)13-3-2-6-21-7-13/h2-3,6-7,12,14H,4-5,8-11H2,1H3. The Kier molecular flexibility index (Phi) is 7.92. The smallest absolute Gasteiger partial charge is 0.231 e. The zero-order valence-corrected chi connectivity index (χ0v) is 18.1. The second-order valence-electron chi connectivity index (χ2n) is 6.86. The summed E-state index contributed by atoms with van der Waals surface area (Å²) in [6, 6.07) is 3.73. The summed E-state index contributed by atoms with van der Waals surface area (Å²) in [4.78, 5) is 29.7. The van der Waals surface area contributed by atoms with Crippen LogP contribution in [0, 0.1) is 11.8 Å². The van der Waals surface area contributed by atoms with Crippen LogP contribution in [0.25, 0.3) is 31.5 Å². The molecule has 0 saturated heterocycles. The minimum atomic E-state index is -0.425. The van der Waals surface area contributed by atoms with Gasteiger partial charge in [0.2, 0.25) is 5.91 Å². The van der Waals surface area contributed by atoms with Crippen molar-refractivity contribution in [2.24, 2.45) is 22.1 Å². The maximum Gasteiger partial charge on any atom is 0.231 e. The largest absolute Gasteiger partial charge is 0.302 e. The van der Waals surface area contributed by atoms with E-state index in [0.29, 0.717) is 33.9 Å². The molecule has 30 heavy (non-hydrogen) atoms. The number of aromatic nitrogens is 2. The van der Waals surface area contributed by atoms with Gasteiger partial charge in [-0.05, 0) is 48.2 Å². The summed E-state index contributed by atoms with van der Waals surface area (Å²) in [5.74, 6) is 0.483. The Labute approximate surface area is 182 Å². The molecule has 1 fully saturated rings. The van der Waals surface area contributed by atoms with Crippen LogP contribution in [-0.4, -0.2) is 41.0 Å². The highest BCUT2D eigenvalue weighted by Crippen LogP contribution is 2.39. The van der Waals surface area contributed by atoms with E-state index in [-0.39, 0.29) is 19.0 Å². The van der Waals surface area contributed by atoms with Gasteiger partial charge >= 0.3 is 0 Å². The topological polar surface area (TPSA) is 144 Å². The van der Waals surface area contributed by atoms with E-state index in [1.54, 1.807) is 17.3 Å². The summed E-state index contributed by atoms with van der Waals surface area (Å²) in [6.45, 7) is 0.746. The molecule has 1 saturated carbocycles. The first-order chi connectivity index (χ1) is 14.7. The van der Waals surface area contributed by atoms with Crippen molar-refractivity contribution in [3.8, 4) is 10.6 Å². The lowest BCUT2D eigenvalue weighted by Gasteiger charge is -2.26. The van der Waals surface area contributed by atoms with Crippen LogP contribution < -0.4 is 4.90 Å². The average molecular weight is 444 g/mol. The molecular formula is C18H21N9OS2. The molecule has 1 aliphatic rings. The number of thiazole rings is 1. The number of thioether (sulfide) groups is 1. The Bertz CT molecular complexity index is 963. The van der Waals surface area contributed by atoms with Crippen LogP contribution in [0.3, 0.4) is 0 Å². The van der Waals surface area contributed by atoms with E-state index < -0.39 is 5.92 Å². The van der Waals surface area contributed by atoms with Crippen LogP contribution in [0.15, 0.2) is 34.8 Å². The van der Waals surface area contributed by atoms with Gasteiger partial charge in [-0.2, -0.15) is 11.8 Å². The first-order valence-corrected chi connectivity index (χ1v) is 11.6. The van der Waals surface area contributed by atoms with Gasteiger partial charge in [0.15, 0.2) is 0 Å². The van der Waals surface area contributed by atoms with Gasteiger partial charge in [-0.1, -0.05) is 21.6 Å². The Morgan fingerprint density at radius 3 is 2.83 bits per heavy atom. The summed E-state index contributed by atoms with van der Waals surface area (Å²) in [6.07, 6.45) is 7.47. The lowest BCUT2D eigenvalue weighted by molar-refractivity contribution is -0.121. The summed E-state index contributed by atoms with van der Waals surface area (Å²) >= 11 is 2.93. The van der Waals surface area contributed by atoms with E-state index in [1.807, 2.05) is 18.4 Å². The van der Waals surface area contributed by atoms with Crippen molar-refractivity contribution < 1.29 is 4.79 Å². The summed E-state index contributed by atoms with van der Waals surface area (Å²) in [5.41, 5.74) is 18.9. The molecular weight excluding hydrogens is 422 g/mol. The van der Waals surface area contributed by atoms with Gasteiger partial charge in [0.05, 0.1) is 18.2 Å². The van der Waals surface area contributed by atoms with Crippen molar-refractivity contribution in [3.63, 3.8) is 0 Å². The fraction of sp³-hybridized carbons (Fsp3) is 0.500. The lowest BCUT2D eigenvalue weighted by Crippen LogP contribution is -2.40. The van der Waals surface area contributed by atoms with Gasteiger partial charge < -0.3 is 4.90 Å². The van der Waals surface area contributed by atoms with Crippen molar-refractivity contribution in [1.29, 1.82) is 0 Å². The van der Waals surface area contributed by atoms with Crippen LogP contribution in [0.5, 0.6) is 0 Å². The first-order valence-electron chi connectivity index (χ1n) is 9.40. The van der Waals surface area contributed by atoms with Crippen LogP contribution in [0.4, 0.5) is 5.00 Å². The van der Waals surface area contributed by atoms with Crippen LogP contribution >= 0.6 is 23.1 Å². The number of azide groups is 2. The molecule has 1 aliphatic carbocycles. The van der Waals surface area contributed by atoms with Gasteiger partial charge in [0.1, 0.15) is 10.0 Å². The molecule has 0 bridgehead atoms. The molecule has 3 rings (SSSR count). The van der Waals surface area contributed by atoms with E-state index in [9.17, 15) is 4.79 Å². The Balaban J connectivity index is 2.00. The predicted octanol–water partition coefficient (Wildman–Crippen LogP) is 5.05. The second-order valence-corrected chi connectivity index (χ2v) is 8.75. The maximum atomic E-state index is 13.5. The van der Waals surface area contributed by atoms with Crippen molar-refractivity contribution in [2.45, 2.75) is 19.4 Å². The van der Waals surface area contributed by atoms with E-state index in [4.69, 9.17) is 11.1 Å². The molecule has 2 heterocycles. The third-order valence-corrected chi connectivity index (χ3v) is 6.51. The quantitative estimate of drug-likeness (QED) is 0.272. The summed E-state index contributed by atoms with van der Waals surface area (Å²) < 4.78 is 0. The van der Waals surface area contributed by atoms with Gasteiger partial charge in [0, 0.05) is 46.6 Å². The van der Waals surface area contributed by atoms with Crippen molar-refractivity contribution in [1.82, 2.24) is 9.97 Å². The average Bonchev–Trinajstić information content (AvgIpc) is 3.50. The minimum Gasteiger partial charge on any atom is -0.302 e. The fourth-order valence-corrected chi connectivity index (χ4v) is 4.69. The normalized spacial score (nSPS) is 13.8. The van der Waals surface area contributed by atoms with Crippen LogP contribution in [-0.2, 0) is 11.3 Å². The predicted molar refractivity (Wildman–Crippen MR) is 119 cm³/mol. The number of carbonyl (C=O) groups is 1. The van der Waals surface area contributed by atoms with E-state index >= 15 is 0 Å². The molecule has 1 unspecified atom stereocenters. The number of anilines is 1. The number of pyridine rings is 1. The van der Waals surface area contributed by atoms with Crippen molar-refractivity contribution >= 4 is 34.0 Å². The molecule has 12 heteroatoms. The number of hydrogen-bond acceptors (Lipinski definition) is 7. The van der Waals surface area contributed by atoms with E-state index in [2.05, 4.69) is 30.0 Å². The third-order valence-electron chi connectivity index (χ3n) is 4.60. The highest BCUT2D eigenvalue weighted by atomic mass is 32.2. The van der Waals surface area contributed by atoms with Crippen molar-refractivity contribution in [2.75, 3.05) is 30.0 Å². The molecule has 0 spiro atoms. The molecule has 156 valence electrons. The number of hydrogen-bond donors (Lipinski definition) is 0. The Hall–Kier alpha value is -2.78. The van der Waals surface area contributed by atoms with Gasteiger partial charge in [-0.15, -0.1) is 0 Å². The Morgan fingerprint density at radius 1 is 1.40 bits per heavy atom. The number of rotatable bonds is 11.